The van der Waals surface area contributed by atoms with Crippen molar-refractivity contribution in [1.29, 1.82) is 0 Å². The van der Waals surface area contributed by atoms with Crippen molar-refractivity contribution < 1.29 is 0 Å². The van der Waals surface area contributed by atoms with E-state index in [1.807, 2.05) is 12.4 Å². The van der Waals surface area contributed by atoms with Gasteiger partial charge in [-0.15, -0.1) is 0 Å². The lowest BCUT2D eigenvalue weighted by Crippen LogP contribution is -2.41. The normalized spacial score (nSPS) is 24.9. The van der Waals surface area contributed by atoms with E-state index in [0.717, 1.165) is 6.04 Å². The second-order valence-electron chi connectivity index (χ2n) is 4.90. The fourth-order valence-corrected chi connectivity index (χ4v) is 2.52. The molecule has 3 rings (SSSR count). The number of nitrogens with zero attached hydrogens (tertiary/aromatic N) is 3. The lowest BCUT2D eigenvalue weighted by Gasteiger charge is -2.40. The molecule has 1 saturated carbocycles. The Morgan fingerprint density at radius 3 is 2.88 bits per heavy atom. The van der Waals surface area contributed by atoms with Crippen LogP contribution in [0.25, 0.3) is 10.9 Å². The van der Waals surface area contributed by atoms with Crippen molar-refractivity contribution in [2.75, 3.05) is 14.1 Å². The van der Waals surface area contributed by atoms with Crippen molar-refractivity contribution in [3.8, 4) is 0 Å². The Morgan fingerprint density at radius 1 is 1.31 bits per heavy atom. The largest absolute Gasteiger partial charge is 0.343 e. The maximum absolute atomic E-state index is 4.21. The Labute approximate surface area is 95.7 Å². The Hall–Kier alpha value is -1.35. The van der Waals surface area contributed by atoms with E-state index in [1.165, 1.54) is 23.7 Å². The van der Waals surface area contributed by atoms with Gasteiger partial charge in [-0.25, -0.2) is 0 Å². The van der Waals surface area contributed by atoms with Gasteiger partial charge in [-0.3, -0.25) is 4.98 Å². The third kappa shape index (κ3) is 1.43. The van der Waals surface area contributed by atoms with Gasteiger partial charge in [0.2, 0.25) is 0 Å². The fourth-order valence-electron chi connectivity index (χ4n) is 2.52. The molecule has 2 aromatic rings. The van der Waals surface area contributed by atoms with Crippen LogP contribution < -0.4 is 0 Å². The summed E-state index contributed by atoms with van der Waals surface area (Å²) in [6, 6.07) is 5.67. The molecule has 1 fully saturated rings. The molecule has 2 aromatic heterocycles. The molecular weight excluding hydrogens is 198 g/mol. The third-order valence-electron chi connectivity index (χ3n) is 3.74. The first-order chi connectivity index (χ1) is 7.75. The molecule has 3 heteroatoms. The standard InChI is InChI=1S/C13H17N3/c1-15(2)11-7-12(8-11)16-6-4-10-3-5-14-9-13(10)16/h3-6,9,11-12H,7-8H2,1-2H3. The Bertz CT molecular complexity index is 495. The summed E-state index contributed by atoms with van der Waals surface area (Å²) in [7, 11) is 4.33. The molecule has 0 N–H and O–H groups in total. The zero-order valence-corrected chi connectivity index (χ0v) is 9.80. The van der Waals surface area contributed by atoms with E-state index in [4.69, 9.17) is 0 Å². The summed E-state index contributed by atoms with van der Waals surface area (Å²) in [6.07, 6.45) is 8.54. The summed E-state index contributed by atoms with van der Waals surface area (Å²) in [5, 5.41) is 1.29. The Kier molecular flexibility index (Phi) is 2.21. The molecule has 16 heavy (non-hydrogen) atoms. The average Bonchev–Trinajstić information content (AvgIpc) is 2.60. The number of fused-ring (bicyclic) bond motifs is 1. The summed E-state index contributed by atoms with van der Waals surface area (Å²) in [5.41, 5.74) is 1.27. The molecule has 0 atom stereocenters. The summed E-state index contributed by atoms with van der Waals surface area (Å²) in [4.78, 5) is 6.53. The van der Waals surface area contributed by atoms with Crippen LogP contribution in [0.4, 0.5) is 0 Å². The highest BCUT2D eigenvalue weighted by Crippen LogP contribution is 2.36. The van der Waals surface area contributed by atoms with Gasteiger partial charge in [0.05, 0.1) is 11.7 Å². The first kappa shape index (κ1) is 9.85. The van der Waals surface area contributed by atoms with Gasteiger partial charge in [-0.1, -0.05) is 0 Å². The number of rotatable bonds is 2. The monoisotopic (exact) mass is 215 g/mol. The van der Waals surface area contributed by atoms with Gasteiger partial charge >= 0.3 is 0 Å². The van der Waals surface area contributed by atoms with Crippen molar-refractivity contribution in [2.45, 2.75) is 24.9 Å². The van der Waals surface area contributed by atoms with Crippen LogP contribution in [-0.2, 0) is 0 Å². The van der Waals surface area contributed by atoms with Crippen LogP contribution in [0.1, 0.15) is 18.9 Å². The van der Waals surface area contributed by atoms with Gasteiger partial charge in [0.1, 0.15) is 0 Å². The highest BCUT2D eigenvalue weighted by Gasteiger charge is 2.32. The molecule has 84 valence electrons. The van der Waals surface area contributed by atoms with E-state index in [2.05, 4.69) is 46.9 Å². The van der Waals surface area contributed by atoms with Crippen molar-refractivity contribution in [3.63, 3.8) is 0 Å². The molecule has 0 radical (unpaired) electrons. The smallest absolute Gasteiger partial charge is 0.0669 e. The van der Waals surface area contributed by atoms with E-state index in [9.17, 15) is 0 Å². The maximum atomic E-state index is 4.21. The molecule has 2 heterocycles. The molecule has 0 unspecified atom stereocenters. The molecule has 0 spiro atoms. The number of hydrogen-bond acceptors (Lipinski definition) is 2. The van der Waals surface area contributed by atoms with Gasteiger partial charge in [0, 0.05) is 29.9 Å². The molecule has 0 bridgehead atoms. The van der Waals surface area contributed by atoms with Crippen molar-refractivity contribution >= 4 is 10.9 Å². The zero-order valence-electron chi connectivity index (χ0n) is 9.80. The first-order valence-corrected chi connectivity index (χ1v) is 5.82. The SMILES string of the molecule is CN(C)C1CC(n2ccc3ccncc32)C1. The molecule has 0 amide bonds. The minimum absolute atomic E-state index is 0.661. The summed E-state index contributed by atoms with van der Waals surface area (Å²) in [6.45, 7) is 0. The third-order valence-corrected chi connectivity index (χ3v) is 3.74. The minimum Gasteiger partial charge on any atom is -0.343 e. The van der Waals surface area contributed by atoms with Crippen LogP contribution in [0.2, 0.25) is 0 Å². The van der Waals surface area contributed by atoms with Crippen LogP contribution in [0.3, 0.4) is 0 Å². The van der Waals surface area contributed by atoms with Crippen LogP contribution in [0.15, 0.2) is 30.7 Å². The van der Waals surface area contributed by atoms with Crippen molar-refractivity contribution in [3.05, 3.63) is 30.7 Å². The van der Waals surface area contributed by atoms with E-state index in [-0.39, 0.29) is 0 Å². The first-order valence-electron chi connectivity index (χ1n) is 5.82. The predicted molar refractivity (Wildman–Crippen MR) is 65.5 cm³/mol. The fraction of sp³-hybridized carbons (Fsp3) is 0.462. The lowest BCUT2D eigenvalue weighted by atomic mass is 9.85. The topological polar surface area (TPSA) is 21.1 Å². The van der Waals surface area contributed by atoms with Gasteiger partial charge in [-0.05, 0) is 39.1 Å². The van der Waals surface area contributed by atoms with Crippen molar-refractivity contribution in [1.82, 2.24) is 14.5 Å². The molecule has 3 nitrogen and oxygen atoms in total. The van der Waals surface area contributed by atoms with Gasteiger partial charge in [-0.2, -0.15) is 0 Å². The molecule has 0 aliphatic heterocycles. The average molecular weight is 215 g/mol. The highest BCUT2D eigenvalue weighted by molar-refractivity contribution is 5.79. The molecule has 0 aromatic carbocycles. The molecule has 1 aliphatic rings. The van der Waals surface area contributed by atoms with Crippen LogP contribution in [0, 0.1) is 0 Å². The highest BCUT2D eigenvalue weighted by atomic mass is 15.1. The summed E-state index contributed by atoms with van der Waals surface area (Å²) in [5.74, 6) is 0. The second-order valence-corrected chi connectivity index (χ2v) is 4.90. The van der Waals surface area contributed by atoms with E-state index < -0.39 is 0 Å². The van der Waals surface area contributed by atoms with Crippen LogP contribution in [0.5, 0.6) is 0 Å². The van der Waals surface area contributed by atoms with Crippen LogP contribution >= 0.6 is 0 Å². The molecular formula is C13H17N3. The van der Waals surface area contributed by atoms with Gasteiger partial charge in [0.25, 0.3) is 0 Å². The van der Waals surface area contributed by atoms with Gasteiger partial charge in [0.15, 0.2) is 0 Å². The number of hydrogen-bond donors (Lipinski definition) is 0. The maximum Gasteiger partial charge on any atom is 0.0669 e. The van der Waals surface area contributed by atoms with E-state index in [1.54, 1.807) is 0 Å². The minimum atomic E-state index is 0.661. The lowest BCUT2D eigenvalue weighted by molar-refractivity contribution is 0.132. The van der Waals surface area contributed by atoms with E-state index in [0.29, 0.717) is 6.04 Å². The molecule has 1 aliphatic carbocycles. The predicted octanol–water partition coefficient (Wildman–Crippen LogP) is 2.30. The quantitative estimate of drug-likeness (QED) is 0.766. The zero-order chi connectivity index (χ0) is 11.1. The summed E-state index contributed by atoms with van der Waals surface area (Å²) >= 11 is 0. The second kappa shape index (κ2) is 3.59. The number of aromatic nitrogens is 2. The van der Waals surface area contributed by atoms with Crippen molar-refractivity contribution in [2.24, 2.45) is 0 Å². The number of pyridine rings is 1. The van der Waals surface area contributed by atoms with Crippen LogP contribution in [-0.4, -0.2) is 34.6 Å². The Morgan fingerprint density at radius 2 is 2.12 bits per heavy atom. The Balaban J connectivity index is 1.86. The molecule has 0 saturated heterocycles. The van der Waals surface area contributed by atoms with Gasteiger partial charge < -0.3 is 9.47 Å². The van der Waals surface area contributed by atoms with E-state index >= 15 is 0 Å². The summed E-state index contributed by atoms with van der Waals surface area (Å²) < 4.78 is 2.38.